The topological polar surface area (TPSA) is 61.6 Å². The zero-order valence-corrected chi connectivity index (χ0v) is 26.4. The Balaban J connectivity index is 1.50. The molecule has 1 atom stereocenters. The van der Waals surface area contributed by atoms with Gasteiger partial charge in [0.05, 0.1) is 17.6 Å². The van der Waals surface area contributed by atoms with Gasteiger partial charge in [-0.15, -0.1) is 0 Å². The minimum Gasteiger partial charge on any atom is -0.494 e. The van der Waals surface area contributed by atoms with E-state index in [0.717, 1.165) is 54.7 Å². The maximum Gasteiger partial charge on any atom is 0.312 e. The zero-order valence-electron chi connectivity index (χ0n) is 26.4. The molecule has 5 heteroatoms. The monoisotopic (exact) mass is 583 g/mol. The summed E-state index contributed by atoms with van der Waals surface area (Å²) in [4.78, 5) is 11.3. The standard InChI is InChI=1S/C38H49NO4/c1-4-6-8-10-11-12-13-15-29-42-36-26-24-35(25-27-36)34-22-19-32(20-23-34)17-18-33-21-28-38(37(30-33)39(40)41)43-31(3)16-14-9-7-5-2/h19-28,30-31H,4-16,29H2,1-3H3. The van der Waals surface area contributed by atoms with E-state index in [-0.39, 0.29) is 11.8 Å². The fraction of sp³-hybridized carbons (Fsp3) is 0.474. The summed E-state index contributed by atoms with van der Waals surface area (Å²) in [5.74, 6) is 7.40. The van der Waals surface area contributed by atoms with Crippen molar-refractivity contribution in [2.45, 2.75) is 110 Å². The number of ether oxygens (including phenoxy) is 2. The van der Waals surface area contributed by atoms with Crippen LogP contribution in [0.2, 0.25) is 0 Å². The molecule has 43 heavy (non-hydrogen) atoms. The summed E-state index contributed by atoms with van der Waals surface area (Å²) in [6, 6.07) is 21.2. The lowest BCUT2D eigenvalue weighted by molar-refractivity contribution is -0.386. The Morgan fingerprint density at radius 3 is 1.86 bits per heavy atom. The highest BCUT2D eigenvalue weighted by atomic mass is 16.6. The highest BCUT2D eigenvalue weighted by molar-refractivity contribution is 5.65. The predicted octanol–water partition coefficient (Wildman–Crippen LogP) is 10.9. The van der Waals surface area contributed by atoms with E-state index in [0.29, 0.717) is 11.3 Å². The molecule has 0 aliphatic carbocycles. The molecule has 1 unspecified atom stereocenters. The van der Waals surface area contributed by atoms with Gasteiger partial charge in [-0.3, -0.25) is 10.1 Å². The molecule has 5 nitrogen and oxygen atoms in total. The van der Waals surface area contributed by atoms with E-state index in [1.165, 1.54) is 63.9 Å². The predicted molar refractivity (Wildman–Crippen MR) is 178 cm³/mol. The second kappa shape index (κ2) is 19.4. The molecule has 0 radical (unpaired) electrons. The van der Waals surface area contributed by atoms with Crippen LogP contribution in [0.3, 0.4) is 0 Å². The van der Waals surface area contributed by atoms with E-state index in [4.69, 9.17) is 9.47 Å². The minimum absolute atomic E-state index is 0.0483. The van der Waals surface area contributed by atoms with Gasteiger partial charge in [0.2, 0.25) is 0 Å². The number of unbranched alkanes of at least 4 members (excludes halogenated alkanes) is 10. The minimum atomic E-state index is -0.397. The molecule has 0 heterocycles. The van der Waals surface area contributed by atoms with Crippen LogP contribution in [0.25, 0.3) is 11.1 Å². The van der Waals surface area contributed by atoms with Crippen molar-refractivity contribution in [3.63, 3.8) is 0 Å². The summed E-state index contributed by atoms with van der Waals surface area (Å²) in [5, 5.41) is 11.7. The molecule has 3 aromatic carbocycles. The van der Waals surface area contributed by atoms with Gasteiger partial charge in [-0.05, 0) is 73.7 Å². The van der Waals surface area contributed by atoms with Crippen molar-refractivity contribution in [3.05, 3.63) is 88.0 Å². The van der Waals surface area contributed by atoms with Gasteiger partial charge in [-0.1, -0.05) is 114 Å². The average molecular weight is 584 g/mol. The smallest absolute Gasteiger partial charge is 0.312 e. The molecule has 3 aromatic rings. The van der Waals surface area contributed by atoms with E-state index in [1.807, 2.05) is 43.3 Å². The quantitative estimate of drug-likeness (QED) is 0.0609. The van der Waals surface area contributed by atoms with Gasteiger partial charge in [0, 0.05) is 17.2 Å². The molecular weight excluding hydrogens is 534 g/mol. The first-order chi connectivity index (χ1) is 21.0. The molecule has 0 bridgehead atoms. The summed E-state index contributed by atoms with van der Waals surface area (Å²) in [6.45, 7) is 7.16. The van der Waals surface area contributed by atoms with Crippen molar-refractivity contribution in [2.75, 3.05) is 6.61 Å². The Hall–Kier alpha value is -3.78. The molecule has 0 spiro atoms. The average Bonchev–Trinajstić information content (AvgIpc) is 3.02. The normalized spacial score (nSPS) is 11.4. The largest absolute Gasteiger partial charge is 0.494 e. The molecule has 0 N–H and O–H groups in total. The zero-order chi connectivity index (χ0) is 30.7. The van der Waals surface area contributed by atoms with Gasteiger partial charge < -0.3 is 9.47 Å². The summed E-state index contributed by atoms with van der Waals surface area (Å²) < 4.78 is 11.9. The number of nitrogens with zero attached hydrogens (tertiary/aromatic N) is 1. The lowest BCUT2D eigenvalue weighted by Gasteiger charge is -2.14. The number of hydrogen-bond acceptors (Lipinski definition) is 4. The maximum absolute atomic E-state index is 11.7. The molecule has 0 aromatic heterocycles. The van der Waals surface area contributed by atoms with E-state index >= 15 is 0 Å². The Morgan fingerprint density at radius 1 is 0.698 bits per heavy atom. The van der Waals surface area contributed by atoms with Crippen LogP contribution in [0, 0.1) is 22.0 Å². The first-order valence-corrected chi connectivity index (χ1v) is 16.3. The van der Waals surface area contributed by atoms with E-state index in [9.17, 15) is 10.1 Å². The first-order valence-electron chi connectivity index (χ1n) is 16.3. The van der Waals surface area contributed by atoms with Crippen LogP contribution < -0.4 is 9.47 Å². The molecule has 0 aliphatic rings. The molecule has 0 saturated heterocycles. The Morgan fingerprint density at radius 2 is 1.23 bits per heavy atom. The van der Waals surface area contributed by atoms with Crippen molar-refractivity contribution >= 4 is 5.69 Å². The highest BCUT2D eigenvalue weighted by Crippen LogP contribution is 2.29. The molecule has 0 aliphatic heterocycles. The second-order valence-corrected chi connectivity index (χ2v) is 11.4. The van der Waals surface area contributed by atoms with Crippen LogP contribution in [0.15, 0.2) is 66.7 Å². The van der Waals surface area contributed by atoms with Gasteiger partial charge in [0.15, 0.2) is 5.75 Å². The number of nitro benzene ring substituents is 1. The maximum atomic E-state index is 11.7. The van der Waals surface area contributed by atoms with Crippen LogP contribution in [0.1, 0.15) is 115 Å². The van der Waals surface area contributed by atoms with Crippen molar-refractivity contribution < 1.29 is 14.4 Å². The fourth-order valence-electron chi connectivity index (χ4n) is 5.03. The molecule has 0 saturated carbocycles. The SMILES string of the molecule is CCCCCCCCCCOc1ccc(-c2ccc(C#Cc3ccc(OC(C)CCCCCC)c([N+](=O)[O-])c3)cc2)cc1. The van der Waals surface area contributed by atoms with Crippen LogP contribution in [0.4, 0.5) is 5.69 Å². The van der Waals surface area contributed by atoms with Crippen LogP contribution in [-0.2, 0) is 0 Å². The second-order valence-electron chi connectivity index (χ2n) is 11.4. The van der Waals surface area contributed by atoms with Crippen LogP contribution in [0.5, 0.6) is 11.5 Å². The molecule has 230 valence electrons. The van der Waals surface area contributed by atoms with Crippen molar-refractivity contribution in [1.29, 1.82) is 0 Å². The summed E-state index contributed by atoms with van der Waals surface area (Å²) in [7, 11) is 0. The lowest BCUT2D eigenvalue weighted by atomic mass is 10.0. The summed E-state index contributed by atoms with van der Waals surface area (Å²) >= 11 is 0. The van der Waals surface area contributed by atoms with E-state index in [1.54, 1.807) is 12.1 Å². The van der Waals surface area contributed by atoms with Gasteiger partial charge in [-0.2, -0.15) is 0 Å². The van der Waals surface area contributed by atoms with Crippen molar-refractivity contribution in [2.24, 2.45) is 0 Å². The van der Waals surface area contributed by atoms with Crippen molar-refractivity contribution in [1.82, 2.24) is 0 Å². The fourth-order valence-corrected chi connectivity index (χ4v) is 5.03. The number of rotatable bonds is 19. The Labute approximate surface area is 259 Å². The first kappa shape index (κ1) is 33.7. The third kappa shape index (κ3) is 12.5. The molecular formula is C38H49NO4. The van der Waals surface area contributed by atoms with E-state index < -0.39 is 4.92 Å². The Kier molecular flexibility index (Phi) is 15.2. The Bertz CT molecular complexity index is 1290. The highest BCUT2D eigenvalue weighted by Gasteiger charge is 2.18. The van der Waals surface area contributed by atoms with E-state index in [2.05, 4.69) is 37.8 Å². The third-order valence-electron chi connectivity index (χ3n) is 7.64. The summed E-state index contributed by atoms with van der Waals surface area (Å²) in [6.07, 6.45) is 15.7. The molecule has 0 amide bonds. The molecule has 3 rings (SSSR count). The molecule has 0 fully saturated rings. The van der Waals surface area contributed by atoms with Crippen LogP contribution >= 0.6 is 0 Å². The van der Waals surface area contributed by atoms with Crippen LogP contribution in [-0.4, -0.2) is 17.6 Å². The number of hydrogen-bond donors (Lipinski definition) is 0. The number of nitro groups is 1. The van der Waals surface area contributed by atoms with Gasteiger partial charge in [-0.25, -0.2) is 0 Å². The van der Waals surface area contributed by atoms with Crippen molar-refractivity contribution in [3.8, 4) is 34.5 Å². The number of benzene rings is 3. The summed E-state index contributed by atoms with van der Waals surface area (Å²) in [5.41, 5.74) is 3.60. The van der Waals surface area contributed by atoms with Gasteiger partial charge >= 0.3 is 5.69 Å². The lowest BCUT2D eigenvalue weighted by Crippen LogP contribution is -2.12. The van der Waals surface area contributed by atoms with Gasteiger partial charge in [0.25, 0.3) is 0 Å². The third-order valence-corrected chi connectivity index (χ3v) is 7.64. The van der Waals surface area contributed by atoms with Gasteiger partial charge in [0.1, 0.15) is 5.75 Å².